The van der Waals surface area contributed by atoms with Crippen molar-refractivity contribution < 1.29 is 24.6 Å². The highest BCUT2D eigenvalue weighted by atomic mass is 16.4. The van der Waals surface area contributed by atoms with Crippen molar-refractivity contribution in [3.05, 3.63) is 0 Å². The van der Waals surface area contributed by atoms with E-state index in [4.69, 9.17) is 10.2 Å². The van der Waals surface area contributed by atoms with Crippen LogP contribution in [0, 0.1) is 0 Å². The molecular weight excluding hydrogens is 230 g/mol. The molecule has 8 nitrogen and oxygen atoms in total. The number of likely N-dealkylation sites (N-methyl/N-ethyl adjacent to an activating group) is 1. The molecule has 0 saturated carbocycles. The Morgan fingerprint density at radius 1 is 1.29 bits per heavy atom. The second-order valence-corrected chi connectivity index (χ2v) is 3.52. The minimum Gasteiger partial charge on any atom is -0.480 e. The van der Waals surface area contributed by atoms with E-state index in [1.807, 2.05) is 0 Å². The zero-order chi connectivity index (χ0) is 13.4. The summed E-state index contributed by atoms with van der Waals surface area (Å²) in [7, 11) is 3.07. The van der Waals surface area contributed by atoms with Gasteiger partial charge in [-0.15, -0.1) is 0 Å². The Morgan fingerprint density at radius 2 is 1.88 bits per heavy atom. The number of nitrogens with one attached hydrogen (secondary N) is 2. The van der Waals surface area contributed by atoms with Crippen molar-refractivity contribution in [2.75, 3.05) is 27.2 Å². The SMILES string of the molecule is CN(C)C(=O)CNC(=O)N[C@H](CCO)C(=O)O. The lowest BCUT2D eigenvalue weighted by Gasteiger charge is -2.15. The molecule has 0 rings (SSSR count). The van der Waals surface area contributed by atoms with Gasteiger partial charge in [-0.1, -0.05) is 0 Å². The summed E-state index contributed by atoms with van der Waals surface area (Å²) in [6, 6.07) is -1.93. The van der Waals surface area contributed by atoms with E-state index >= 15 is 0 Å². The maximum atomic E-state index is 11.2. The van der Waals surface area contributed by atoms with Gasteiger partial charge in [-0.2, -0.15) is 0 Å². The van der Waals surface area contributed by atoms with Gasteiger partial charge in [-0.3, -0.25) is 4.79 Å². The molecule has 0 spiro atoms. The first-order valence-corrected chi connectivity index (χ1v) is 4.96. The molecule has 0 aliphatic carbocycles. The number of hydrogen-bond acceptors (Lipinski definition) is 4. The predicted molar refractivity (Wildman–Crippen MR) is 58.4 cm³/mol. The number of carboxylic acids is 1. The Kier molecular flexibility index (Phi) is 6.64. The van der Waals surface area contributed by atoms with Crippen LogP contribution in [0.2, 0.25) is 0 Å². The van der Waals surface area contributed by atoms with Gasteiger partial charge in [0.05, 0.1) is 6.54 Å². The molecule has 0 aliphatic rings. The molecule has 17 heavy (non-hydrogen) atoms. The number of aliphatic hydroxyl groups excluding tert-OH is 1. The van der Waals surface area contributed by atoms with Crippen molar-refractivity contribution in [2.24, 2.45) is 0 Å². The summed E-state index contributed by atoms with van der Waals surface area (Å²) >= 11 is 0. The first kappa shape index (κ1) is 15.2. The fourth-order valence-electron chi connectivity index (χ4n) is 0.910. The van der Waals surface area contributed by atoms with Crippen LogP contribution < -0.4 is 10.6 Å². The van der Waals surface area contributed by atoms with Gasteiger partial charge in [0.25, 0.3) is 0 Å². The lowest BCUT2D eigenvalue weighted by atomic mass is 10.2. The lowest BCUT2D eigenvalue weighted by Crippen LogP contribution is -2.48. The van der Waals surface area contributed by atoms with Crippen LogP contribution in [0.3, 0.4) is 0 Å². The Balaban J connectivity index is 4.07. The summed E-state index contributed by atoms with van der Waals surface area (Å²) in [4.78, 5) is 34.3. The Hall–Kier alpha value is -1.83. The molecule has 3 amide bonds. The molecular formula is C9H17N3O5. The molecule has 0 aliphatic heterocycles. The summed E-state index contributed by atoms with van der Waals surface area (Å²) in [5.41, 5.74) is 0. The highest BCUT2D eigenvalue weighted by molar-refractivity contribution is 5.86. The van der Waals surface area contributed by atoms with Gasteiger partial charge in [0, 0.05) is 27.1 Å². The average Bonchev–Trinajstić information content (AvgIpc) is 2.24. The average molecular weight is 247 g/mol. The number of carbonyl (C=O) groups is 3. The Morgan fingerprint density at radius 3 is 2.29 bits per heavy atom. The molecule has 0 aromatic heterocycles. The summed E-state index contributed by atoms with van der Waals surface area (Å²) in [6.45, 7) is -0.571. The van der Waals surface area contributed by atoms with Crippen molar-refractivity contribution in [2.45, 2.75) is 12.5 Å². The molecule has 0 aromatic carbocycles. The standard InChI is InChI=1S/C9H17N3O5/c1-12(2)7(14)5-10-9(17)11-6(3-4-13)8(15)16/h6,13H,3-5H2,1-2H3,(H,15,16)(H2,10,11,17)/t6-/m1/s1. The molecule has 98 valence electrons. The first-order chi connectivity index (χ1) is 7.88. The molecule has 0 heterocycles. The second-order valence-electron chi connectivity index (χ2n) is 3.52. The third-order valence-corrected chi connectivity index (χ3v) is 1.92. The smallest absolute Gasteiger partial charge is 0.326 e. The van der Waals surface area contributed by atoms with Crippen molar-refractivity contribution in [3.63, 3.8) is 0 Å². The quantitative estimate of drug-likeness (QED) is 0.442. The summed E-state index contributed by atoms with van der Waals surface area (Å²) in [5, 5.41) is 21.6. The summed E-state index contributed by atoms with van der Waals surface area (Å²) in [5.74, 6) is -1.55. The molecule has 0 fully saturated rings. The van der Waals surface area contributed by atoms with Gasteiger partial charge in [-0.05, 0) is 0 Å². The third kappa shape index (κ3) is 6.36. The van der Waals surface area contributed by atoms with Crippen LogP contribution >= 0.6 is 0 Å². The maximum Gasteiger partial charge on any atom is 0.326 e. The Labute approximate surface area is 98.6 Å². The van der Waals surface area contributed by atoms with E-state index in [1.54, 1.807) is 0 Å². The van der Waals surface area contributed by atoms with Crippen molar-refractivity contribution in [1.82, 2.24) is 15.5 Å². The topological polar surface area (TPSA) is 119 Å². The monoisotopic (exact) mass is 247 g/mol. The van der Waals surface area contributed by atoms with E-state index in [9.17, 15) is 14.4 Å². The van der Waals surface area contributed by atoms with Crippen LogP contribution in [0.25, 0.3) is 0 Å². The summed E-state index contributed by atoms with van der Waals surface area (Å²) in [6.07, 6.45) is -0.0929. The number of aliphatic hydroxyl groups is 1. The molecule has 0 saturated heterocycles. The number of carbonyl (C=O) groups excluding carboxylic acids is 2. The van der Waals surface area contributed by atoms with Crippen LogP contribution in [0.15, 0.2) is 0 Å². The van der Waals surface area contributed by atoms with Crippen LogP contribution in [0.1, 0.15) is 6.42 Å². The molecule has 0 radical (unpaired) electrons. The largest absolute Gasteiger partial charge is 0.480 e. The zero-order valence-corrected chi connectivity index (χ0v) is 9.77. The molecule has 8 heteroatoms. The minimum atomic E-state index is -1.24. The van der Waals surface area contributed by atoms with Crippen LogP contribution in [0.5, 0.6) is 0 Å². The van der Waals surface area contributed by atoms with Gasteiger partial charge in [0.2, 0.25) is 5.91 Å². The van der Waals surface area contributed by atoms with Crippen LogP contribution in [-0.4, -0.2) is 66.3 Å². The third-order valence-electron chi connectivity index (χ3n) is 1.92. The van der Waals surface area contributed by atoms with Crippen LogP contribution in [-0.2, 0) is 9.59 Å². The van der Waals surface area contributed by atoms with E-state index in [1.165, 1.54) is 19.0 Å². The number of amides is 3. The van der Waals surface area contributed by atoms with Crippen molar-refractivity contribution in [3.8, 4) is 0 Å². The highest BCUT2D eigenvalue weighted by Gasteiger charge is 2.19. The molecule has 0 unspecified atom stereocenters. The molecule has 1 atom stereocenters. The van der Waals surface area contributed by atoms with Gasteiger partial charge in [0.1, 0.15) is 6.04 Å². The fourth-order valence-corrected chi connectivity index (χ4v) is 0.910. The van der Waals surface area contributed by atoms with Crippen molar-refractivity contribution in [1.29, 1.82) is 0 Å². The molecule has 0 aromatic rings. The van der Waals surface area contributed by atoms with Crippen molar-refractivity contribution >= 4 is 17.9 Å². The second kappa shape index (κ2) is 7.44. The van der Waals surface area contributed by atoms with E-state index in [0.29, 0.717) is 0 Å². The molecule has 4 N–H and O–H groups in total. The van der Waals surface area contributed by atoms with Gasteiger partial charge >= 0.3 is 12.0 Å². The molecule has 0 bridgehead atoms. The van der Waals surface area contributed by atoms with E-state index < -0.39 is 18.0 Å². The lowest BCUT2D eigenvalue weighted by molar-refractivity contribution is -0.139. The number of rotatable bonds is 6. The zero-order valence-electron chi connectivity index (χ0n) is 9.77. The number of nitrogens with zero attached hydrogens (tertiary/aromatic N) is 1. The van der Waals surface area contributed by atoms with E-state index in [0.717, 1.165) is 0 Å². The van der Waals surface area contributed by atoms with Gasteiger partial charge in [-0.25, -0.2) is 9.59 Å². The van der Waals surface area contributed by atoms with E-state index in [2.05, 4.69) is 10.6 Å². The minimum absolute atomic E-state index is 0.0929. The highest BCUT2D eigenvalue weighted by Crippen LogP contribution is 1.91. The first-order valence-electron chi connectivity index (χ1n) is 4.96. The number of urea groups is 1. The summed E-state index contributed by atoms with van der Waals surface area (Å²) < 4.78 is 0. The Bertz CT molecular complexity index is 292. The fraction of sp³-hybridized carbons (Fsp3) is 0.667. The van der Waals surface area contributed by atoms with Gasteiger partial charge in [0.15, 0.2) is 0 Å². The van der Waals surface area contributed by atoms with Crippen LogP contribution in [0.4, 0.5) is 4.79 Å². The normalized spacial score (nSPS) is 11.5. The predicted octanol–water partition coefficient (Wildman–Crippen LogP) is -1.79. The van der Waals surface area contributed by atoms with E-state index in [-0.39, 0.29) is 25.5 Å². The number of hydrogen-bond donors (Lipinski definition) is 4. The number of carboxylic acid groups (broad SMARTS) is 1. The number of aliphatic carboxylic acids is 1. The van der Waals surface area contributed by atoms with Gasteiger partial charge < -0.3 is 25.7 Å². The maximum absolute atomic E-state index is 11.2.